The normalized spacial score (nSPS) is 16.9. The molecule has 1 spiro atoms. The summed E-state index contributed by atoms with van der Waals surface area (Å²) in [5.41, 5.74) is 12.7. The van der Waals surface area contributed by atoms with Crippen molar-refractivity contribution in [1.29, 1.82) is 5.26 Å². The molecule has 0 fully saturated rings. The topological polar surface area (TPSA) is 136 Å². The third kappa shape index (κ3) is 3.58. The number of nitrogens with two attached hydrogens (primary N) is 1. The molecule has 7 aromatic rings. The molecule has 10 heteroatoms. The highest BCUT2D eigenvalue weighted by molar-refractivity contribution is 6.20. The van der Waals surface area contributed by atoms with Crippen molar-refractivity contribution >= 4 is 44.4 Å². The van der Waals surface area contributed by atoms with Crippen LogP contribution in [0.5, 0.6) is 5.75 Å². The number of benzene rings is 5. The van der Waals surface area contributed by atoms with Gasteiger partial charge in [-0.15, -0.1) is 5.10 Å². The lowest BCUT2D eigenvalue weighted by Gasteiger charge is -2.35. The third-order valence-corrected chi connectivity index (χ3v) is 9.48. The maximum Gasteiger partial charge on any atom is 0.248 e. The molecule has 230 valence electrons. The van der Waals surface area contributed by atoms with Gasteiger partial charge in [0.1, 0.15) is 22.8 Å². The number of ether oxygens (including phenoxy) is 1. The van der Waals surface area contributed by atoms with Crippen LogP contribution in [0.15, 0.2) is 109 Å². The summed E-state index contributed by atoms with van der Waals surface area (Å²) in [6, 6.07) is 31.2. The van der Waals surface area contributed by atoms with E-state index >= 15 is 4.79 Å². The van der Waals surface area contributed by atoms with Crippen molar-refractivity contribution in [3.63, 3.8) is 0 Å². The van der Waals surface area contributed by atoms with Crippen molar-refractivity contribution in [2.75, 3.05) is 4.90 Å². The fraction of sp³-hybridized carbons (Fsp3) is 0.105. The first kappa shape index (κ1) is 27.7. The van der Waals surface area contributed by atoms with E-state index in [9.17, 15) is 5.26 Å². The third-order valence-electron chi connectivity index (χ3n) is 9.48. The van der Waals surface area contributed by atoms with Crippen LogP contribution in [0.1, 0.15) is 27.9 Å². The van der Waals surface area contributed by atoms with E-state index in [-0.39, 0.29) is 23.9 Å². The molecule has 0 bridgehead atoms. The summed E-state index contributed by atoms with van der Waals surface area (Å²) in [6.45, 7) is 4.16. The Kier molecular flexibility index (Phi) is 5.74. The van der Waals surface area contributed by atoms with E-state index in [1.165, 1.54) is 0 Å². The zero-order chi connectivity index (χ0) is 32.7. The van der Waals surface area contributed by atoms with Crippen LogP contribution in [0.4, 0.5) is 5.69 Å². The van der Waals surface area contributed by atoms with Crippen molar-refractivity contribution in [1.82, 2.24) is 25.0 Å². The summed E-state index contributed by atoms with van der Waals surface area (Å²) < 4.78 is 8.09. The lowest BCUT2D eigenvalue weighted by atomic mass is 9.67. The Labute approximate surface area is 274 Å². The van der Waals surface area contributed by atoms with E-state index in [2.05, 4.69) is 16.4 Å². The molecule has 9 rings (SSSR count). The maximum absolute atomic E-state index is 15.5. The summed E-state index contributed by atoms with van der Waals surface area (Å²) in [7, 11) is 0. The molecule has 2 aliphatic rings. The number of hydrogen-bond acceptors (Lipinski definition) is 8. The molecule has 2 aliphatic heterocycles. The number of rotatable bonds is 3. The van der Waals surface area contributed by atoms with Gasteiger partial charge >= 0.3 is 0 Å². The Bertz CT molecular complexity index is 2620. The highest BCUT2D eigenvalue weighted by Crippen LogP contribution is 2.58. The fourth-order valence-electron chi connectivity index (χ4n) is 7.33. The van der Waals surface area contributed by atoms with Crippen LogP contribution >= 0.6 is 0 Å². The summed E-state index contributed by atoms with van der Waals surface area (Å²) in [5, 5.41) is 21.0. The standard InChI is InChI=1S/C38H26N8O2/c1-21-15-16-22(2)31(17-21)46-23(19-41-44-46)20-45-30-14-8-5-11-26(30)38(37(45)47)27(18-39)36(40)48-35-25-10-4-3-9-24(25)33-34(32(35)38)43-29-13-7-6-12-28(29)42-33/h3-17,19H,20,40H2,1-2H3. The molecule has 4 heterocycles. The molecule has 1 atom stereocenters. The molecule has 48 heavy (non-hydrogen) atoms. The quantitative estimate of drug-likeness (QED) is 0.185. The highest BCUT2D eigenvalue weighted by atomic mass is 16.5. The zero-order valence-electron chi connectivity index (χ0n) is 26.0. The molecular formula is C38H26N8O2. The second kappa shape index (κ2) is 9.95. The van der Waals surface area contributed by atoms with Crippen molar-refractivity contribution in [2.45, 2.75) is 25.8 Å². The van der Waals surface area contributed by atoms with Gasteiger partial charge in [0.15, 0.2) is 0 Å². The second-order valence-electron chi connectivity index (χ2n) is 12.2. The van der Waals surface area contributed by atoms with Gasteiger partial charge in [0.25, 0.3) is 0 Å². The first-order chi connectivity index (χ1) is 23.4. The number of carbonyl (C=O) groups is 1. The number of nitrogens with zero attached hydrogens (tertiary/aromatic N) is 7. The largest absolute Gasteiger partial charge is 0.439 e. The highest BCUT2D eigenvalue weighted by Gasteiger charge is 2.60. The van der Waals surface area contributed by atoms with Crippen LogP contribution in [-0.2, 0) is 16.8 Å². The molecule has 0 aliphatic carbocycles. The lowest BCUT2D eigenvalue weighted by molar-refractivity contribution is -0.121. The smallest absolute Gasteiger partial charge is 0.248 e. The van der Waals surface area contributed by atoms with Gasteiger partial charge in [0, 0.05) is 27.6 Å². The molecule has 1 amide bonds. The van der Waals surface area contributed by atoms with Crippen LogP contribution in [-0.4, -0.2) is 30.9 Å². The van der Waals surface area contributed by atoms with Gasteiger partial charge in [-0.3, -0.25) is 4.79 Å². The second-order valence-corrected chi connectivity index (χ2v) is 12.2. The minimum Gasteiger partial charge on any atom is -0.439 e. The number of hydrogen-bond donors (Lipinski definition) is 1. The monoisotopic (exact) mass is 626 g/mol. The molecular weight excluding hydrogens is 600 g/mol. The van der Waals surface area contributed by atoms with E-state index in [1.807, 2.05) is 105 Å². The number of nitriles is 1. The molecule has 2 N–H and O–H groups in total. The van der Waals surface area contributed by atoms with Gasteiger partial charge < -0.3 is 15.4 Å². The fourth-order valence-corrected chi connectivity index (χ4v) is 7.33. The number of carbonyl (C=O) groups excluding carboxylic acids is 1. The minimum atomic E-state index is -1.67. The van der Waals surface area contributed by atoms with Gasteiger partial charge in [0.2, 0.25) is 11.8 Å². The predicted molar refractivity (Wildman–Crippen MR) is 181 cm³/mol. The van der Waals surface area contributed by atoms with Crippen molar-refractivity contribution < 1.29 is 9.53 Å². The van der Waals surface area contributed by atoms with E-state index in [1.54, 1.807) is 15.8 Å². The summed E-state index contributed by atoms with van der Waals surface area (Å²) in [5.74, 6) is -0.102. The number of amides is 1. The van der Waals surface area contributed by atoms with Gasteiger partial charge in [0.05, 0.1) is 46.2 Å². The van der Waals surface area contributed by atoms with Crippen molar-refractivity contribution in [2.24, 2.45) is 5.73 Å². The van der Waals surface area contributed by atoms with Crippen molar-refractivity contribution in [3.05, 3.63) is 137 Å². The molecule has 1 unspecified atom stereocenters. The molecule has 10 nitrogen and oxygen atoms in total. The summed E-state index contributed by atoms with van der Waals surface area (Å²) in [4.78, 5) is 27.4. The Morgan fingerprint density at radius 1 is 0.875 bits per heavy atom. The van der Waals surface area contributed by atoms with Gasteiger partial charge in [-0.05, 0) is 49.2 Å². The average Bonchev–Trinajstić information content (AvgIpc) is 3.66. The molecule has 0 radical (unpaired) electrons. The number of para-hydroxylation sites is 3. The predicted octanol–water partition coefficient (Wildman–Crippen LogP) is 6.05. The summed E-state index contributed by atoms with van der Waals surface area (Å²) in [6.07, 6.45) is 1.66. The number of anilines is 1. The van der Waals surface area contributed by atoms with Crippen molar-refractivity contribution in [3.8, 4) is 17.5 Å². The number of aryl methyl sites for hydroxylation is 2. The number of fused-ring (bicyclic) bond motifs is 10. The molecule has 0 saturated carbocycles. The first-order valence-electron chi connectivity index (χ1n) is 15.5. The average molecular weight is 627 g/mol. The maximum atomic E-state index is 15.5. The molecule has 0 saturated heterocycles. The van der Waals surface area contributed by atoms with Crippen LogP contribution < -0.4 is 15.4 Å². The van der Waals surface area contributed by atoms with E-state index < -0.39 is 5.41 Å². The van der Waals surface area contributed by atoms with Crippen LogP contribution in [0.2, 0.25) is 0 Å². The lowest BCUT2D eigenvalue weighted by Crippen LogP contribution is -2.46. The Hall–Kier alpha value is -6.60. The molecule has 2 aromatic heterocycles. The zero-order valence-corrected chi connectivity index (χ0v) is 26.0. The Morgan fingerprint density at radius 2 is 1.58 bits per heavy atom. The number of aromatic nitrogens is 5. The van der Waals surface area contributed by atoms with Crippen LogP contribution in [0.25, 0.3) is 38.5 Å². The first-order valence-corrected chi connectivity index (χ1v) is 15.5. The Morgan fingerprint density at radius 3 is 2.38 bits per heavy atom. The summed E-state index contributed by atoms with van der Waals surface area (Å²) >= 11 is 0. The minimum absolute atomic E-state index is 0.00245. The van der Waals surface area contributed by atoms with Gasteiger partial charge in [-0.2, -0.15) is 5.26 Å². The van der Waals surface area contributed by atoms with Crippen LogP contribution in [0.3, 0.4) is 0 Å². The van der Waals surface area contributed by atoms with E-state index in [0.717, 1.165) is 22.2 Å². The van der Waals surface area contributed by atoms with Gasteiger partial charge in [-0.1, -0.05) is 71.9 Å². The van der Waals surface area contributed by atoms with E-state index in [4.69, 9.17) is 20.4 Å². The van der Waals surface area contributed by atoms with E-state index in [0.29, 0.717) is 55.7 Å². The van der Waals surface area contributed by atoms with Crippen LogP contribution in [0, 0.1) is 25.2 Å². The SMILES string of the molecule is Cc1ccc(C)c(-n2nncc2CN2C(=O)C3(C(C#N)=C(N)Oc4c3c3nc5ccccc5nc3c3ccccc43)c3ccccc32)c1. The molecule has 5 aromatic carbocycles. The Balaban J connectivity index is 1.35. The van der Waals surface area contributed by atoms with Gasteiger partial charge in [-0.25, -0.2) is 14.6 Å².